The van der Waals surface area contributed by atoms with Crippen molar-refractivity contribution in [3.8, 4) is 11.5 Å². The lowest BCUT2D eigenvalue weighted by atomic mass is 9.92. The number of hydrogen-bond donors (Lipinski definition) is 3. The number of ketones is 1. The molecule has 0 saturated carbocycles. The fraction of sp³-hybridized carbons (Fsp3) is 0.519. The van der Waals surface area contributed by atoms with Crippen LogP contribution < -0.4 is 10.5 Å². The van der Waals surface area contributed by atoms with Crippen molar-refractivity contribution in [1.82, 2.24) is 0 Å². The summed E-state index contributed by atoms with van der Waals surface area (Å²) >= 11 is 0. The van der Waals surface area contributed by atoms with Crippen LogP contribution in [0.2, 0.25) is 0 Å². The molecule has 0 aliphatic heterocycles. The number of phenolic OH excluding ortho intramolecular Hbond substituents is 1. The highest BCUT2D eigenvalue weighted by molar-refractivity contribution is 5.98. The van der Waals surface area contributed by atoms with Crippen LogP contribution in [0.15, 0.2) is 42.0 Å². The van der Waals surface area contributed by atoms with Crippen LogP contribution in [0.4, 0.5) is 0 Å². The van der Waals surface area contributed by atoms with E-state index in [-0.39, 0.29) is 24.1 Å². The predicted octanol–water partition coefficient (Wildman–Crippen LogP) is 5.69. The molecule has 0 aromatic heterocycles. The van der Waals surface area contributed by atoms with Crippen LogP contribution in [-0.4, -0.2) is 29.2 Å². The fourth-order valence-electron chi connectivity index (χ4n) is 3.71. The van der Waals surface area contributed by atoms with Gasteiger partial charge in [-0.1, -0.05) is 52.2 Å². The average molecular weight is 444 g/mol. The number of hydrogen-bond acceptors (Lipinski definition) is 5. The van der Waals surface area contributed by atoms with Crippen LogP contribution >= 0.6 is 0 Å². The molecule has 0 bridgehead atoms. The minimum atomic E-state index is -0.0797. The van der Waals surface area contributed by atoms with Gasteiger partial charge in [0.15, 0.2) is 17.3 Å². The van der Waals surface area contributed by atoms with Crippen LogP contribution in [0.25, 0.3) is 5.70 Å². The van der Waals surface area contributed by atoms with Crippen molar-refractivity contribution >= 4 is 11.5 Å². The number of benzene rings is 1. The van der Waals surface area contributed by atoms with Gasteiger partial charge < -0.3 is 20.7 Å². The molecular weight excluding hydrogens is 402 g/mol. The number of rotatable bonds is 15. The summed E-state index contributed by atoms with van der Waals surface area (Å²) in [7, 11) is 0. The monoisotopic (exact) mass is 443 g/mol. The van der Waals surface area contributed by atoms with Gasteiger partial charge >= 0.3 is 0 Å². The van der Waals surface area contributed by atoms with Gasteiger partial charge in [0.25, 0.3) is 0 Å². The minimum absolute atomic E-state index is 0.0342. The number of aliphatic hydroxyl groups is 1. The molecule has 178 valence electrons. The van der Waals surface area contributed by atoms with E-state index in [4.69, 9.17) is 10.5 Å². The summed E-state index contributed by atoms with van der Waals surface area (Å²) in [6.07, 6.45) is 10.4. The van der Waals surface area contributed by atoms with Crippen molar-refractivity contribution in [2.45, 2.75) is 72.6 Å². The molecule has 0 radical (unpaired) electrons. The third kappa shape index (κ3) is 8.91. The van der Waals surface area contributed by atoms with E-state index in [0.717, 1.165) is 18.4 Å². The standard InChI is InChI=1S/C27H41NO4/c1-6-8-9-10-11-14-32-27-17-22(15-19(3)12-13-29)24(18-26(27)31)25(28)16-20(4)23(7-2)21(5)30/h7,16-19,29,31H,4,6,8-15,28H2,1-3,5H3/b23-7+,25-16-. The van der Waals surface area contributed by atoms with Crippen LogP contribution in [0, 0.1) is 5.92 Å². The number of unbranched alkanes of at least 4 members (excludes halogenated alkanes) is 4. The summed E-state index contributed by atoms with van der Waals surface area (Å²) in [5, 5.41) is 19.9. The van der Waals surface area contributed by atoms with Gasteiger partial charge in [0.1, 0.15) is 0 Å². The molecule has 0 spiro atoms. The van der Waals surface area contributed by atoms with E-state index < -0.39 is 0 Å². The topological polar surface area (TPSA) is 92.8 Å². The second kappa shape index (κ2) is 14.5. The highest BCUT2D eigenvalue weighted by Gasteiger charge is 2.16. The second-order valence-electron chi connectivity index (χ2n) is 8.44. The van der Waals surface area contributed by atoms with Gasteiger partial charge in [0, 0.05) is 23.4 Å². The molecule has 1 atom stereocenters. The Kier molecular flexibility index (Phi) is 12.5. The molecule has 32 heavy (non-hydrogen) atoms. The minimum Gasteiger partial charge on any atom is -0.504 e. The summed E-state index contributed by atoms with van der Waals surface area (Å²) < 4.78 is 5.87. The second-order valence-corrected chi connectivity index (χ2v) is 8.44. The lowest BCUT2D eigenvalue weighted by molar-refractivity contribution is -0.113. The predicted molar refractivity (Wildman–Crippen MR) is 133 cm³/mol. The van der Waals surface area contributed by atoms with E-state index in [2.05, 4.69) is 20.4 Å². The molecule has 5 nitrogen and oxygen atoms in total. The molecule has 0 aliphatic carbocycles. The largest absolute Gasteiger partial charge is 0.504 e. The highest BCUT2D eigenvalue weighted by Crippen LogP contribution is 2.34. The zero-order valence-corrected chi connectivity index (χ0v) is 20.2. The van der Waals surface area contributed by atoms with Crippen molar-refractivity contribution in [2.75, 3.05) is 13.2 Å². The Labute approximate surface area is 193 Å². The van der Waals surface area contributed by atoms with E-state index >= 15 is 0 Å². The van der Waals surface area contributed by atoms with E-state index in [1.807, 2.05) is 6.07 Å². The van der Waals surface area contributed by atoms with Gasteiger partial charge in [-0.05, 0) is 68.4 Å². The Morgan fingerprint density at radius 1 is 1.25 bits per heavy atom. The number of carbonyl (C=O) groups is 1. The van der Waals surface area contributed by atoms with Gasteiger partial charge in [-0.2, -0.15) is 0 Å². The molecule has 0 heterocycles. The van der Waals surface area contributed by atoms with Gasteiger partial charge in [0.2, 0.25) is 0 Å². The molecule has 1 unspecified atom stereocenters. The molecule has 0 fully saturated rings. The Morgan fingerprint density at radius 2 is 1.94 bits per heavy atom. The van der Waals surface area contributed by atoms with Crippen LogP contribution in [-0.2, 0) is 11.2 Å². The SMILES string of the molecule is C=C(/C=C(\N)c1cc(O)c(OCCCCCCC)cc1CC(C)CCO)/C(=C\C)C(C)=O. The first kappa shape index (κ1) is 27.5. The van der Waals surface area contributed by atoms with Gasteiger partial charge in [-0.15, -0.1) is 0 Å². The van der Waals surface area contributed by atoms with E-state index in [9.17, 15) is 15.0 Å². The quantitative estimate of drug-likeness (QED) is 0.184. The van der Waals surface area contributed by atoms with Crippen LogP contribution in [0.3, 0.4) is 0 Å². The lowest BCUT2D eigenvalue weighted by Crippen LogP contribution is -2.09. The van der Waals surface area contributed by atoms with Gasteiger partial charge in [-0.25, -0.2) is 0 Å². The number of aromatic hydroxyl groups is 1. The lowest BCUT2D eigenvalue weighted by Gasteiger charge is -2.18. The molecule has 4 N–H and O–H groups in total. The summed E-state index contributed by atoms with van der Waals surface area (Å²) in [5.74, 6) is 0.625. The summed E-state index contributed by atoms with van der Waals surface area (Å²) in [4.78, 5) is 11.8. The Bertz CT molecular complexity index is 823. The van der Waals surface area contributed by atoms with Crippen LogP contribution in [0.5, 0.6) is 11.5 Å². The van der Waals surface area contributed by atoms with E-state index in [1.54, 1.807) is 25.1 Å². The zero-order chi connectivity index (χ0) is 24.1. The van der Waals surface area contributed by atoms with Gasteiger partial charge in [0.05, 0.1) is 6.61 Å². The molecule has 1 rings (SSSR count). The Hall–Kier alpha value is -2.53. The molecule has 0 saturated heterocycles. The van der Waals surface area contributed by atoms with Crippen molar-refractivity contribution in [3.63, 3.8) is 0 Å². The first-order valence-electron chi connectivity index (χ1n) is 11.7. The Balaban J connectivity index is 3.17. The van der Waals surface area contributed by atoms with Crippen LogP contribution in [0.1, 0.15) is 77.3 Å². The maximum Gasteiger partial charge on any atom is 0.161 e. The summed E-state index contributed by atoms with van der Waals surface area (Å²) in [6.45, 7) is 12.2. The van der Waals surface area contributed by atoms with Crippen molar-refractivity contribution in [1.29, 1.82) is 0 Å². The van der Waals surface area contributed by atoms with Crippen molar-refractivity contribution in [3.05, 3.63) is 53.1 Å². The number of ether oxygens (including phenoxy) is 1. The maximum absolute atomic E-state index is 11.8. The summed E-state index contributed by atoms with van der Waals surface area (Å²) in [5.41, 5.74) is 9.45. The number of Topliss-reactive ketones (excluding diaryl/α,β-unsaturated/α-hetero) is 1. The number of nitrogens with two attached hydrogens (primary N) is 1. The first-order chi connectivity index (χ1) is 15.2. The summed E-state index contributed by atoms with van der Waals surface area (Å²) in [6, 6.07) is 3.46. The van der Waals surface area contributed by atoms with Gasteiger partial charge in [-0.3, -0.25) is 4.79 Å². The molecule has 5 heteroatoms. The normalized spacial score (nSPS) is 13.2. The average Bonchev–Trinajstić information content (AvgIpc) is 2.72. The van der Waals surface area contributed by atoms with E-state index in [0.29, 0.717) is 47.6 Å². The number of carbonyl (C=O) groups excluding carboxylic acids is 1. The van der Waals surface area contributed by atoms with Crippen molar-refractivity contribution < 1.29 is 19.7 Å². The highest BCUT2D eigenvalue weighted by atomic mass is 16.5. The fourth-order valence-corrected chi connectivity index (χ4v) is 3.71. The molecule has 0 amide bonds. The van der Waals surface area contributed by atoms with Crippen molar-refractivity contribution in [2.24, 2.45) is 11.7 Å². The first-order valence-corrected chi connectivity index (χ1v) is 11.7. The zero-order valence-electron chi connectivity index (χ0n) is 20.2. The molecular formula is C27H41NO4. The number of phenols is 1. The number of allylic oxidation sites excluding steroid dienone is 4. The smallest absolute Gasteiger partial charge is 0.161 e. The molecule has 1 aromatic carbocycles. The van der Waals surface area contributed by atoms with E-state index in [1.165, 1.54) is 26.2 Å². The molecule has 1 aromatic rings. The Morgan fingerprint density at radius 3 is 2.53 bits per heavy atom. The maximum atomic E-state index is 11.8. The molecule has 0 aliphatic rings. The third-order valence-electron chi connectivity index (χ3n) is 5.54. The third-order valence-corrected chi connectivity index (χ3v) is 5.54. The number of aliphatic hydroxyl groups excluding tert-OH is 1.